The summed E-state index contributed by atoms with van der Waals surface area (Å²) in [7, 11) is 0. The van der Waals surface area contributed by atoms with Crippen LogP contribution >= 0.6 is 0 Å². The summed E-state index contributed by atoms with van der Waals surface area (Å²) < 4.78 is 0. The van der Waals surface area contributed by atoms with E-state index in [1.54, 1.807) is 0 Å². The third kappa shape index (κ3) is 194. The molecule has 0 fully saturated rings. The van der Waals surface area contributed by atoms with Crippen LogP contribution in [0.5, 0.6) is 0 Å². The van der Waals surface area contributed by atoms with E-state index in [4.69, 9.17) is 71.0 Å². The molecule has 0 saturated heterocycles. The van der Waals surface area contributed by atoms with Crippen molar-refractivity contribution >= 4 is 0 Å². The molecular formula is C6CoFeN6-6. The van der Waals surface area contributed by atoms with Crippen molar-refractivity contribution in [1.29, 1.82) is 31.6 Å². The summed E-state index contributed by atoms with van der Waals surface area (Å²) in [6.07, 6.45) is 0. The van der Waals surface area contributed by atoms with Gasteiger partial charge in [-0.1, -0.05) is 0 Å². The first kappa shape index (κ1) is 91.5. The summed E-state index contributed by atoms with van der Waals surface area (Å²) in [6.45, 7) is 28.5. The van der Waals surface area contributed by atoms with Crippen LogP contribution in [0.1, 0.15) is 0 Å². The number of nitrogens with zero attached hydrogens (tertiary/aromatic N) is 6. The SMILES string of the molecule is [C-]#N.[C-]#N.[C-]#N.[C-]#N.[C-]#N.[C-]#N.[Co].[Fe]. The normalized spacial score (nSPS) is 0.857. The van der Waals surface area contributed by atoms with Gasteiger partial charge in [0.15, 0.2) is 0 Å². The van der Waals surface area contributed by atoms with E-state index in [0.29, 0.717) is 0 Å². The summed E-state index contributed by atoms with van der Waals surface area (Å²) in [5, 5.41) is 37.5. The van der Waals surface area contributed by atoms with E-state index in [9.17, 15) is 0 Å². The smallest absolute Gasteiger partial charge is 0 e. The van der Waals surface area contributed by atoms with Crippen molar-refractivity contribution < 1.29 is 33.8 Å². The summed E-state index contributed by atoms with van der Waals surface area (Å²) in [6, 6.07) is 0. The van der Waals surface area contributed by atoms with Crippen LogP contribution in [0.15, 0.2) is 0 Å². The summed E-state index contributed by atoms with van der Waals surface area (Å²) >= 11 is 0. The average Bonchev–Trinajstić information content (AvgIpc) is 2.33. The van der Waals surface area contributed by atoms with Crippen LogP contribution in [0.25, 0.3) is 0 Å². The van der Waals surface area contributed by atoms with Crippen LogP contribution in [0.4, 0.5) is 0 Å². The minimum Gasteiger partial charge on any atom is -0.512 e. The predicted molar refractivity (Wildman–Crippen MR) is 29.8 cm³/mol. The van der Waals surface area contributed by atoms with Gasteiger partial charge in [-0.3, -0.25) is 0 Å². The molecule has 0 amide bonds. The van der Waals surface area contributed by atoms with Crippen molar-refractivity contribution in [2.45, 2.75) is 0 Å². The molecule has 0 aliphatic rings. The van der Waals surface area contributed by atoms with Crippen LogP contribution in [-0.4, -0.2) is 0 Å². The molecule has 6 nitrogen and oxygen atoms in total. The van der Waals surface area contributed by atoms with Crippen molar-refractivity contribution in [2.24, 2.45) is 0 Å². The van der Waals surface area contributed by atoms with Crippen molar-refractivity contribution in [2.75, 3.05) is 0 Å². The van der Waals surface area contributed by atoms with Crippen LogP contribution in [0.2, 0.25) is 0 Å². The fourth-order valence-electron chi connectivity index (χ4n) is 0. The molecule has 0 heterocycles. The first-order chi connectivity index (χ1) is 6.00. The fraction of sp³-hybridized carbons (Fsp3) is 0. The number of rotatable bonds is 0. The van der Waals surface area contributed by atoms with E-state index in [2.05, 4.69) is 0 Å². The quantitative estimate of drug-likeness (QED) is 0.465. The van der Waals surface area contributed by atoms with Crippen molar-refractivity contribution in [3.63, 3.8) is 0 Å². The Morgan fingerprint density at radius 1 is 0.357 bits per heavy atom. The molecule has 0 spiro atoms. The van der Waals surface area contributed by atoms with Crippen molar-refractivity contribution in [3.05, 3.63) is 39.4 Å². The van der Waals surface area contributed by atoms with Gasteiger partial charge in [-0.15, -0.1) is 0 Å². The maximum absolute atomic E-state index is 6.25. The van der Waals surface area contributed by atoms with Gasteiger partial charge < -0.3 is 71.0 Å². The zero-order valence-electron chi connectivity index (χ0n) is 6.37. The summed E-state index contributed by atoms with van der Waals surface area (Å²) in [5.41, 5.74) is 0. The van der Waals surface area contributed by atoms with E-state index < -0.39 is 0 Å². The number of hydrogen-bond acceptors (Lipinski definition) is 6. The van der Waals surface area contributed by atoms with E-state index in [1.807, 2.05) is 0 Å². The van der Waals surface area contributed by atoms with Gasteiger partial charge in [0.2, 0.25) is 0 Å². The van der Waals surface area contributed by atoms with Gasteiger partial charge in [0.05, 0.1) is 0 Å². The molecule has 0 aliphatic heterocycles. The van der Waals surface area contributed by atoms with E-state index in [1.165, 1.54) is 0 Å². The molecular weight excluding hydrogens is 271 g/mol. The third-order valence-electron chi connectivity index (χ3n) is 0. The van der Waals surface area contributed by atoms with Gasteiger partial charge in [-0.05, 0) is 0 Å². The molecule has 1 radical (unpaired) electrons. The van der Waals surface area contributed by atoms with E-state index in [-0.39, 0.29) is 33.8 Å². The Balaban J connectivity index is -0.00000000500. The first-order valence-corrected chi connectivity index (χ1v) is 1.34. The topological polar surface area (TPSA) is 143 Å². The van der Waals surface area contributed by atoms with Crippen LogP contribution in [0, 0.1) is 71.0 Å². The zero-order valence-corrected chi connectivity index (χ0v) is 8.52. The number of hydrogen-bond donors (Lipinski definition) is 0. The van der Waals surface area contributed by atoms with Gasteiger partial charge in [-0.25, -0.2) is 0 Å². The summed E-state index contributed by atoms with van der Waals surface area (Å²) in [4.78, 5) is 0. The van der Waals surface area contributed by atoms with E-state index >= 15 is 0 Å². The second kappa shape index (κ2) is 263. The Bertz CT molecular complexity index is 97.3. The monoisotopic (exact) mass is 271 g/mol. The molecule has 0 atom stereocenters. The zero-order chi connectivity index (χ0) is 12.0. The molecule has 0 aliphatic carbocycles. The second-order valence-corrected chi connectivity index (χ2v) is 0. The third-order valence-corrected chi connectivity index (χ3v) is 0. The molecule has 0 saturated carbocycles. The summed E-state index contributed by atoms with van der Waals surface area (Å²) in [5.74, 6) is 0. The first-order valence-electron chi connectivity index (χ1n) is 1.34. The van der Waals surface area contributed by atoms with Crippen LogP contribution in [-0.2, 0) is 33.8 Å². The largest absolute Gasteiger partial charge is 0.512 e. The minimum atomic E-state index is 0. The molecule has 0 aromatic heterocycles. The van der Waals surface area contributed by atoms with Gasteiger partial charge in [-0.2, -0.15) is 0 Å². The fourth-order valence-corrected chi connectivity index (χ4v) is 0. The molecule has 14 heavy (non-hydrogen) atoms. The molecule has 0 rings (SSSR count). The Labute approximate surface area is 105 Å². The molecule has 0 aromatic rings. The molecule has 0 aromatic carbocycles. The maximum Gasteiger partial charge on any atom is 0 e. The molecule has 0 N–H and O–H groups in total. The molecule has 0 bridgehead atoms. The predicted octanol–water partition coefficient (Wildman–Crippen LogP) is 0.573. The minimum absolute atomic E-state index is 0. The van der Waals surface area contributed by atoms with Crippen molar-refractivity contribution in [3.8, 4) is 0 Å². The van der Waals surface area contributed by atoms with Gasteiger partial charge in [0.1, 0.15) is 0 Å². The Kier molecular flexibility index (Phi) is 1720. The average molecular weight is 271 g/mol. The Hall–Kier alpha value is -2.03. The van der Waals surface area contributed by atoms with Crippen molar-refractivity contribution in [1.82, 2.24) is 0 Å². The maximum atomic E-state index is 6.25. The standard InChI is InChI=1S/6CN.Co.Fe/c6*1-2;;/q6*-1;;. The van der Waals surface area contributed by atoms with Crippen LogP contribution in [0.3, 0.4) is 0 Å². The van der Waals surface area contributed by atoms with Crippen LogP contribution < -0.4 is 0 Å². The Morgan fingerprint density at radius 3 is 0.357 bits per heavy atom. The molecule has 8 heteroatoms. The van der Waals surface area contributed by atoms with Gasteiger partial charge in [0, 0.05) is 33.8 Å². The molecule has 0 unspecified atom stereocenters. The molecule has 77 valence electrons. The van der Waals surface area contributed by atoms with Gasteiger partial charge >= 0.3 is 0 Å². The van der Waals surface area contributed by atoms with Gasteiger partial charge in [0.25, 0.3) is 0 Å². The Morgan fingerprint density at radius 2 is 0.357 bits per heavy atom. The van der Waals surface area contributed by atoms with E-state index in [0.717, 1.165) is 0 Å². The second-order valence-electron chi connectivity index (χ2n) is 0.